The Balaban J connectivity index is 2.90. The minimum atomic E-state index is -0.507. The zero-order valence-corrected chi connectivity index (χ0v) is 17.4. The van der Waals surface area contributed by atoms with Gasteiger partial charge in [0.2, 0.25) is 19.5 Å². The molecular formula is C16H38O3Si2. The molecule has 0 aromatic rings. The molecule has 0 aromatic carbocycles. The van der Waals surface area contributed by atoms with Gasteiger partial charge in [-0.05, 0) is 12.1 Å². The third-order valence-electron chi connectivity index (χ3n) is 3.76. The van der Waals surface area contributed by atoms with E-state index in [0.29, 0.717) is 0 Å². The van der Waals surface area contributed by atoms with E-state index in [1.807, 2.05) is 0 Å². The van der Waals surface area contributed by atoms with Crippen LogP contribution in [-0.2, 0) is 14.2 Å². The van der Waals surface area contributed by atoms with Crippen LogP contribution < -0.4 is 0 Å². The van der Waals surface area contributed by atoms with Crippen molar-refractivity contribution in [3.05, 3.63) is 0 Å². The summed E-state index contributed by atoms with van der Waals surface area (Å²) in [5.74, 6) is 0. The Morgan fingerprint density at radius 3 is 1.33 bits per heavy atom. The van der Waals surface area contributed by atoms with E-state index in [2.05, 4.69) is 13.8 Å². The minimum absolute atomic E-state index is 0.507. The second-order valence-corrected chi connectivity index (χ2v) is 8.66. The predicted molar refractivity (Wildman–Crippen MR) is 96.7 cm³/mol. The van der Waals surface area contributed by atoms with Gasteiger partial charge in [-0.1, -0.05) is 95.9 Å². The summed E-state index contributed by atoms with van der Waals surface area (Å²) in [5.41, 5.74) is 0. The normalized spacial score (nSPS) is 12.3. The maximum absolute atomic E-state index is 5.17. The van der Waals surface area contributed by atoms with Gasteiger partial charge < -0.3 is 0 Å². The number of unbranched alkanes of at least 4 members (excludes halogenated alkanes) is 10. The molecule has 0 aliphatic carbocycles. The molecule has 0 aromatic heterocycles. The molecule has 0 radical (unpaired) electrons. The van der Waals surface area contributed by atoms with Crippen molar-refractivity contribution >= 4 is 19.5 Å². The first-order chi connectivity index (χ1) is 10.4. The molecule has 3 nitrogen and oxygen atoms in total. The highest BCUT2D eigenvalue weighted by atomic mass is 28.2. The van der Waals surface area contributed by atoms with Gasteiger partial charge in [-0.2, -0.15) is 0 Å². The van der Waals surface area contributed by atoms with Crippen molar-refractivity contribution in [3.8, 4) is 0 Å². The number of hydrogen-bond acceptors (Lipinski definition) is 3. The molecule has 0 fully saturated rings. The van der Waals surface area contributed by atoms with Crippen molar-refractivity contribution in [1.82, 2.24) is 0 Å². The zero-order chi connectivity index (χ0) is 15.4. The molecular weight excluding hydrogens is 296 g/mol. The van der Waals surface area contributed by atoms with Crippen LogP contribution in [0.2, 0.25) is 12.1 Å². The largest absolute Gasteiger partial charge is 0.266 e. The lowest BCUT2D eigenvalue weighted by Gasteiger charge is -2.04. The van der Waals surface area contributed by atoms with Crippen LogP contribution in [0.5, 0.6) is 0 Å². The molecule has 21 heavy (non-hydrogen) atoms. The number of rotatable bonds is 18. The van der Waals surface area contributed by atoms with Gasteiger partial charge in [0.05, 0.1) is 0 Å². The minimum Gasteiger partial charge on any atom is -0.266 e. The van der Waals surface area contributed by atoms with E-state index in [0.717, 1.165) is 0 Å². The number of hydrogen-bond donors (Lipinski definition) is 0. The predicted octanol–water partition coefficient (Wildman–Crippen LogP) is 4.59. The maximum atomic E-state index is 5.17. The summed E-state index contributed by atoms with van der Waals surface area (Å²) < 4.78 is 10.3. The van der Waals surface area contributed by atoms with Crippen molar-refractivity contribution < 1.29 is 14.2 Å². The first kappa shape index (κ1) is 21.3. The van der Waals surface area contributed by atoms with Crippen molar-refractivity contribution in [3.63, 3.8) is 0 Å². The van der Waals surface area contributed by atoms with Gasteiger partial charge in [0.15, 0.2) is 0 Å². The molecule has 0 spiro atoms. The van der Waals surface area contributed by atoms with Crippen LogP contribution in [0.25, 0.3) is 0 Å². The Morgan fingerprint density at radius 2 is 0.905 bits per heavy atom. The molecule has 0 saturated heterocycles. The molecule has 0 bridgehead atoms. The van der Waals surface area contributed by atoms with Gasteiger partial charge in [0.25, 0.3) is 0 Å². The monoisotopic (exact) mass is 334 g/mol. The highest BCUT2D eigenvalue weighted by Gasteiger charge is 1.96. The summed E-state index contributed by atoms with van der Waals surface area (Å²) in [7, 11) is -1.01. The summed E-state index contributed by atoms with van der Waals surface area (Å²) in [4.78, 5) is 0. The van der Waals surface area contributed by atoms with Gasteiger partial charge in [-0.15, -0.1) is 0 Å². The molecule has 0 saturated carbocycles. The average Bonchev–Trinajstić information content (AvgIpc) is 2.50. The maximum Gasteiger partial charge on any atom is 0.212 e. The highest BCUT2D eigenvalue weighted by Crippen LogP contribution is 2.08. The Morgan fingerprint density at radius 1 is 0.524 bits per heavy atom. The molecule has 0 aliphatic heterocycles. The molecule has 0 N–H and O–H groups in total. The quantitative estimate of drug-likeness (QED) is 0.159. The summed E-state index contributed by atoms with van der Waals surface area (Å²) in [6, 6.07) is 2.43. The Labute approximate surface area is 137 Å². The first-order valence-electron chi connectivity index (χ1n) is 9.32. The van der Waals surface area contributed by atoms with Crippen molar-refractivity contribution in [2.75, 3.05) is 0 Å². The van der Waals surface area contributed by atoms with Crippen molar-refractivity contribution in [2.45, 2.75) is 103 Å². The molecule has 0 amide bonds. The Kier molecular flexibility index (Phi) is 20.6. The van der Waals surface area contributed by atoms with Gasteiger partial charge in [-0.3, -0.25) is 9.15 Å². The molecule has 0 aliphatic rings. The molecule has 0 unspecified atom stereocenters. The third-order valence-corrected chi connectivity index (χ3v) is 5.86. The van der Waals surface area contributed by atoms with E-state index >= 15 is 0 Å². The fourth-order valence-corrected chi connectivity index (χ4v) is 4.10. The molecule has 0 rings (SSSR count). The van der Waals surface area contributed by atoms with Gasteiger partial charge in [0.1, 0.15) is 0 Å². The fourth-order valence-electron chi connectivity index (χ4n) is 2.34. The second-order valence-electron chi connectivity index (χ2n) is 5.95. The lowest BCUT2D eigenvalue weighted by Crippen LogP contribution is -2.04. The molecule has 0 atom stereocenters. The summed E-state index contributed by atoms with van der Waals surface area (Å²) in [6.45, 7) is 4.52. The Bertz CT molecular complexity index is 165. The highest BCUT2D eigenvalue weighted by molar-refractivity contribution is 6.27. The zero-order valence-electron chi connectivity index (χ0n) is 14.5. The van der Waals surface area contributed by atoms with Gasteiger partial charge >= 0.3 is 0 Å². The smallest absolute Gasteiger partial charge is 0.212 e. The molecule has 0 heterocycles. The van der Waals surface area contributed by atoms with Crippen LogP contribution in [0.4, 0.5) is 0 Å². The molecule has 128 valence electrons. The van der Waals surface area contributed by atoms with E-state index < -0.39 is 19.5 Å². The second kappa shape index (κ2) is 20.3. The standard InChI is InChI=1S/C16H38O3Si2/c1-3-5-7-9-11-13-15-20-18-17-19-21-16-14-12-10-8-6-4-2/h3-16,20-21H2,1-2H3. The van der Waals surface area contributed by atoms with E-state index in [1.165, 1.54) is 89.1 Å². The Hall–Kier alpha value is 0.314. The first-order valence-corrected chi connectivity index (χ1v) is 12.5. The van der Waals surface area contributed by atoms with Crippen LogP contribution in [0.3, 0.4) is 0 Å². The van der Waals surface area contributed by atoms with Gasteiger partial charge in [0, 0.05) is 0 Å². The van der Waals surface area contributed by atoms with Crippen molar-refractivity contribution in [2.24, 2.45) is 0 Å². The van der Waals surface area contributed by atoms with Crippen LogP contribution >= 0.6 is 0 Å². The summed E-state index contributed by atoms with van der Waals surface area (Å²) in [6.07, 6.45) is 16.3. The SMILES string of the molecule is CCCCCCCC[SiH2]OOO[SiH2]CCCCCCCC. The van der Waals surface area contributed by atoms with E-state index in [-0.39, 0.29) is 0 Å². The lowest BCUT2D eigenvalue weighted by atomic mass is 10.1. The van der Waals surface area contributed by atoms with Crippen molar-refractivity contribution in [1.29, 1.82) is 0 Å². The summed E-state index contributed by atoms with van der Waals surface area (Å²) >= 11 is 0. The molecule has 5 heteroatoms. The average molecular weight is 335 g/mol. The third kappa shape index (κ3) is 20.3. The van der Waals surface area contributed by atoms with E-state index in [1.54, 1.807) is 0 Å². The van der Waals surface area contributed by atoms with E-state index in [9.17, 15) is 0 Å². The van der Waals surface area contributed by atoms with Crippen LogP contribution in [0.1, 0.15) is 90.9 Å². The fraction of sp³-hybridized carbons (Fsp3) is 1.00. The van der Waals surface area contributed by atoms with Crippen LogP contribution in [-0.4, -0.2) is 19.5 Å². The van der Waals surface area contributed by atoms with Crippen LogP contribution in [0.15, 0.2) is 0 Å². The summed E-state index contributed by atoms with van der Waals surface area (Å²) in [5, 5.41) is 4.85. The van der Waals surface area contributed by atoms with E-state index in [4.69, 9.17) is 14.2 Å². The van der Waals surface area contributed by atoms with Gasteiger partial charge in [-0.25, -0.2) is 0 Å². The topological polar surface area (TPSA) is 27.7 Å². The lowest BCUT2D eigenvalue weighted by molar-refractivity contribution is -0.417. The van der Waals surface area contributed by atoms with Crippen LogP contribution in [0, 0.1) is 0 Å².